The van der Waals surface area contributed by atoms with Crippen molar-refractivity contribution in [3.63, 3.8) is 0 Å². The van der Waals surface area contributed by atoms with E-state index in [1.165, 1.54) is 22.0 Å². The lowest BCUT2D eigenvalue weighted by Crippen LogP contribution is -2.57. The van der Waals surface area contributed by atoms with Crippen LogP contribution in [0.15, 0.2) is 36.4 Å². The lowest BCUT2D eigenvalue weighted by atomic mass is 9.99. The quantitative estimate of drug-likeness (QED) is 0.430. The molecule has 10 heteroatoms. The van der Waals surface area contributed by atoms with Crippen molar-refractivity contribution in [1.29, 1.82) is 5.26 Å². The summed E-state index contributed by atoms with van der Waals surface area (Å²) in [6.45, 7) is 7.37. The number of hydrogen-bond donors (Lipinski definition) is 1. The van der Waals surface area contributed by atoms with Crippen LogP contribution in [0.1, 0.15) is 36.1 Å². The normalized spacial score (nSPS) is 23.5. The van der Waals surface area contributed by atoms with E-state index in [-0.39, 0.29) is 24.1 Å². The van der Waals surface area contributed by atoms with E-state index in [9.17, 15) is 10.1 Å². The molecule has 3 aromatic rings. The van der Waals surface area contributed by atoms with Gasteiger partial charge in [0.25, 0.3) is 0 Å². The average Bonchev–Trinajstić information content (AvgIpc) is 3.74. The summed E-state index contributed by atoms with van der Waals surface area (Å²) in [6.07, 6.45) is 3.18. The van der Waals surface area contributed by atoms with E-state index >= 15 is 0 Å². The van der Waals surface area contributed by atoms with Crippen LogP contribution in [0.3, 0.4) is 0 Å². The number of nitrogens with one attached hydrogen (secondary N) is 1. The van der Waals surface area contributed by atoms with Gasteiger partial charge in [0.15, 0.2) is 0 Å². The Kier molecular flexibility index (Phi) is 7.30. The Morgan fingerprint density at radius 3 is 2.81 bits per heavy atom. The molecule has 2 aromatic carbocycles. The van der Waals surface area contributed by atoms with E-state index < -0.39 is 0 Å². The van der Waals surface area contributed by atoms with Gasteiger partial charge < -0.3 is 29.5 Å². The lowest BCUT2D eigenvalue weighted by molar-refractivity contribution is -0.133. The third-order valence-electron chi connectivity index (χ3n) is 8.98. The van der Waals surface area contributed by atoms with E-state index in [1.54, 1.807) is 0 Å². The molecule has 10 nitrogen and oxygen atoms in total. The van der Waals surface area contributed by atoms with Gasteiger partial charge in [-0.2, -0.15) is 15.2 Å². The molecule has 1 N–H and O–H groups in total. The Morgan fingerprint density at radius 2 is 2.02 bits per heavy atom. The number of carbonyl (C=O) groups is 1. The summed E-state index contributed by atoms with van der Waals surface area (Å²) < 4.78 is 12.0. The van der Waals surface area contributed by atoms with Gasteiger partial charge in [0, 0.05) is 56.0 Å². The number of amides is 1. The van der Waals surface area contributed by atoms with Crippen LogP contribution in [0.25, 0.3) is 10.8 Å². The number of nitriles is 1. The van der Waals surface area contributed by atoms with Crippen LogP contribution in [0.5, 0.6) is 6.01 Å². The Bertz CT molecular complexity index is 1520. The molecular formula is C32H37N7O3. The van der Waals surface area contributed by atoms with Crippen LogP contribution in [-0.2, 0) is 22.5 Å². The first-order chi connectivity index (χ1) is 20.6. The van der Waals surface area contributed by atoms with Crippen LogP contribution in [0.4, 0.5) is 11.5 Å². The van der Waals surface area contributed by atoms with E-state index in [4.69, 9.17) is 19.4 Å². The number of aryl methyl sites for hydroxylation is 1. The molecule has 4 aliphatic heterocycles. The number of fused-ring (bicyclic) bond motifs is 2. The van der Waals surface area contributed by atoms with Crippen molar-refractivity contribution < 1.29 is 14.3 Å². The minimum Gasteiger partial charge on any atom is -0.461 e. The van der Waals surface area contributed by atoms with Gasteiger partial charge in [-0.05, 0) is 43.2 Å². The summed E-state index contributed by atoms with van der Waals surface area (Å²) >= 11 is 0. The minimum absolute atomic E-state index is 0.0637. The molecule has 0 unspecified atom stereocenters. The second-order valence-corrected chi connectivity index (χ2v) is 11.8. The van der Waals surface area contributed by atoms with Gasteiger partial charge in [-0.3, -0.25) is 4.79 Å². The highest BCUT2D eigenvalue weighted by molar-refractivity contribution is 5.97. The third-order valence-corrected chi connectivity index (χ3v) is 8.98. The Morgan fingerprint density at radius 1 is 1.17 bits per heavy atom. The summed E-state index contributed by atoms with van der Waals surface area (Å²) in [5.74, 6) is 0.969. The van der Waals surface area contributed by atoms with Gasteiger partial charge >= 0.3 is 6.01 Å². The molecule has 0 radical (unpaired) electrons. The fraction of sp³-hybridized carbons (Fsp3) is 0.500. The standard InChI is InChI=1S/C32H37N7O3/c1-21-5-2-6-22-7-3-9-28(29(21)22)37-13-11-25-27(19-37)35-32(42-20-24-8-4-16-41-24)36-30(25)38-14-15-39(23(18-38)10-12-33)31(40)26-17-34-26/h2-3,5-7,9,23-24,26,34H,4,8,10-11,13-20H2,1H3/t23-,24-,26-/m0/s1. The van der Waals surface area contributed by atoms with Gasteiger partial charge in [0.1, 0.15) is 12.4 Å². The highest BCUT2D eigenvalue weighted by Gasteiger charge is 2.39. The van der Waals surface area contributed by atoms with Crippen molar-refractivity contribution in [3.05, 3.63) is 53.2 Å². The zero-order chi connectivity index (χ0) is 28.6. The second kappa shape index (κ2) is 11.4. The minimum atomic E-state index is -0.181. The van der Waals surface area contributed by atoms with Crippen molar-refractivity contribution in [2.75, 3.05) is 55.7 Å². The fourth-order valence-corrected chi connectivity index (χ4v) is 6.68. The van der Waals surface area contributed by atoms with Crippen molar-refractivity contribution >= 4 is 28.2 Å². The first-order valence-electron chi connectivity index (χ1n) is 15.1. The summed E-state index contributed by atoms with van der Waals surface area (Å²) in [4.78, 5) is 29.4. The highest BCUT2D eigenvalue weighted by Crippen LogP contribution is 2.36. The highest BCUT2D eigenvalue weighted by atomic mass is 16.5. The zero-order valence-electron chi connectivity index (χ0n) is 24.1. The maximum Gasteiger partial charge on any atom is 0.318 e. The lowest BCUT2D eigenvalue weighted by Gasteiger charge is -2.42. The van der Waals surface area contributed by atoms with Crippen LogP contribution >= 0.6 is 0 Å². The van der Waals surface area contributed by atoms with Gasteiger partial charge in [-0.1, -0.05) is 30.3 Å². The molecule has 0 bridgehead atoms. The van der Waals surface area contributed by atoms with Crippen LogP contribution in [0, 0.1) is 18.3 Å². The van der Waals surface area contributed by atoms with Gasteiger partial charge in [-0.15, -0.1) is 0 Å². The molecule has 3 atom stereocenters. The largest absolute Gasteiger partial charge is 0.461 e. The number of aromatic nitrogens is 2. The van der Waals surface area contributed by atoms with E-state index in [0.29, 0.717) is 45.2 Å². The molecule has 1 amide bonds. The number of piperazine rings is 1. The van der Waals surface area contributed by atoms with E-state index in [1.807, 2.05) is 4.90 Å². The summed E-state index contributed by atoms with van der Waals surface area (Å²) in [5.41, 5.74) is 4.58. The van der Waals surface area contributed by atoms with Crippen LogP contribution in [-0.4, -0.2) is 84.9 Å². The van der Waals surface area contributed by atoms with E-state index in [2.05, 4.69) is 64.5 Å². The average molecular weight is 568 g/mol. The number of carbonyl (C=O) groups excluding carboxylic acids is 1. The second-order valence-electron chi connectivity index (χ2n) is 11.8. The number of anilines is 2. The number of benzene rings is 2. The maximum atomic E-state index is 12.9. The maximum absolute atomic E-state index is 12.9. The zero-order valence-corrected chi connectivity index (χ0v) is 24.1. The first kappa shape index (κ1) is 26.9. The number of rotatable bonds is 7. The van der Waals surface area contributed by atoms with E-state index in [0.717, 1.165) is 56.0 Å². The van der Waals surface area contributed by atoms with Gasteiger partial charge in [-0.25, -0.2) is 0 Å². The van der Waals surface area contributed by atoms with Crippen LogP contribution in [0.2, 0.25) is 0 Å². The topological polar surface area (TPSA) is 117 Å². The molecule has 3 fully saturated rings. The number of nitrogens with zero attached hydrogens (tertiary/aromatic N) is 6. The number of ether oxygens (including phenoxy) is 2. The molecule has 3 saturated heterocycles. The monoisotopic (exact) mass is 567 g/mol. The van der Waals surface area contributed by atoms with Crippen molar-refractivity contribution in [2.24, 2.45) is 0 Å². The van der Waals surface area contributed by atoms with Crippen molar-refractivity contribution in [1.82, 2.24) is 20.2 Å². The van der Waals surface area contributed by atoms with Gasteiger partial charge in [0.2, 0.25) is 5.91 Å². The predicted molar refractivity (Wildman–Crippen MR) is 160 cm³/mol. The summed E-state index contributed by atoms with van der Waals surface area (Å²) in [5, 5.41) is 15.2. The molecule has 42 heavy (non-hydrogen) atoms. The molecule has 5 heterocycles. The Hall–Kier alpha value is -3.94. The molecule has 0 saturated carbocycles. The van der Waals surface area contributed by atoms with Crippen molar-refractivity contribution in [2.45, 2.75) is 57.3 Å². The molecule has 4 aliphatic rings. The smallest absolute Gasteiger partial charge is 0.318 e. The molecule has 218 valence electrons. The molecular weight excluding hydrogens is 530 g/mol. The molecule has 0 aliphatic carbocycles. The molecule has 0 spiro atoms. The fourth-order valence-electron chi connectivity index (χ4n) is 6.68. The Labute approximate surface area is 246 Å². The SMILES string of the molecule is Cc1cccc2cccc(N3CCc4c(nc(OC[C@@H]5CCCO5)nc4N4CCN(C(=O)[C@@H]5CN5)[C@@H](CC#N)C4)C3)c12. The third kappa shape index (κ3) is 5.23. The first-order valence-corrected chi connectivity index (χ1v) is 15.1. The predicted octanol–water partition coefficient (Wildman–Crippen LogP) is 2.96. The number of hydrogen-bond acceptors (Lipinski definition) is 9. The summed E-state index contributed by atoms with van der Waals surface area (Å²) in [6, 6.07) is 15.3. The van der Waals surface area contributed by atoms with Crippen molar-refractivity contribution in [3.8, 4) is 12.1 Å². The molecule has 7 rings (SSSR count). The Balaban J connectivity index is 1.21. The molecule has 1 aromatic heterocycles. The van der Waals surface area contributed by atoms with Crippen LogP contribution < -0.4 is 19.9 Å². The summed E-state index contributed by atoms with van der Waals surface area (Å²) in [7, 11) is 0. The van der Waals surface area contributed by atoms with Gasteiger partial charge in [0.05, 0.1) is 42.9 Å².